The number of piperidine rings is 1. The number of nitrogens with zero attached hydrogens (tertiary/aromatic N) is 7. The highest BCUT2D eigenvalue weighted by Gasteiger charge is 2.29. The molecule has 1 aliphatic heterocycles. The number of rotatable bonds is 9. The second-order valence-corrected chi connectivity index (χ2v) is 10.7. The van der Waals surface area contributed by atoms with Gasteiger partial charge in [-0.25, -0.2) is 13.8 Å². The van der Waals surface area contributed by atoms with E-state index in [2.05, 4.69) is 20.4 Å². The van der Waals surface area contributed by atoms with Crippen LogP contribution in [-0.2, 0) is 11.8 Å². The van der Waals surface area contributed by atoms with Crippen molar-refractivity contribution in [1.29, 1.82) is 0 Å². The first-order chi connectivity index (χ1) is 21.1. The summed E-state index contributed by atoms with van der Waals surface area (Å²) in [5.41, 5.74) is -1.18. The molecule has 1 aliphatic rings. The van der Waals surface area contributed by atoms with Crippen LogP contribution in [0, 0.1) is 11.6 Å². The van der Waals surface area contributed by atoms with Crippen LogP contribution < -0.4 is 20.3 Å². The van der Waals surface area contributed by atoms with Crippen LogP contribution in [0.3, 0.4) is 0 Å². The summed E-state index contributed by atoms with van der Waals surface area (Å²) in [4.78, 5) is 39.7. The number of nitrogens with one attached hydrogen (secondary N) is 1. The quantitative estimate of drug-likeness (QED) is 0.285. The first-order valence-corrected chi connectivity index (χ1v) is 14.0. The summed E-state index contributed by atoms with van der Waals surface area (Å²) < 4.78 is 44.5. The van der Waals surface area contributed by atoms with Gasteiger partial charge in [-0.15, -0.1) is 0 Å². The molecule has 14 heteroatoms. The Morgan fingerprint density at radius 2 is 1.82 bits per heavy atom. The number of fused-ring (bicyclic) bond motifs is 1. The van der Waals surface area contributed by atoms with Crippen molar-refractivity contribution in [1.82, 2.24) is 34.1 Å². The summed E-state index contributed by atoms with van der Waals surface area (Å²) in [5.74, 6) is -2.04. The van der Waals surface area contributed by atoms with Crippen molar-refractivity contribution in [2.24, 2.45) is 7.05 Å². The molecule has 0 saturated carbocycles. The average molecular weight is 609 g/mol. The fourth-order valence-corrected chi connectivity index (χ4v) is 5.23. The molecule has 0 atom stereocenters. The lowest BCUT2D eigenvalue weighted by Gasteiger charge is -2.33. The predicted molar refractivity (Wildman–Crippen MR) is 161 cm³/mol. The Morgan fingerprint density at radius 3 is 2.41 bits per heavy atom. The van der Waals surface area contributed by atoms with E-state index in [4.69, 9.17) is 9.47 Å². The summed E-state index contributed by atoms with van der Waals surface area (Å²) in [6.45, 7) is 1.40. The van der Waals surface area contributed by atoms with Crippen LogP contribution in [0.1, 0.15) is 18.9 Å². The summed E-state index contributed by atoms with van der Waals surface area (Å²) >= 11 is 0. The SMILES string of the molecule is COc1cc(OC)c(F)c(-c2cc3cnc(Nc4ccn(C)n4)nc3n(C3CCN(C(=O)/C=C/CN(C)C)CC3)c2=O)c1F. The Morgan fingerprint density at radius 1 is 1.14 bits per heavy atom. The Labute approximate surface area is 252 Å². The smallest absolute Gasteiger partial charge is 0.260 e. The van der Waals surface area contributed by atoms with Gasteiger partial charge in [-0.3, -0.25) is 18.8 Å². The van der Waals surface area contributed by atoms with Gasteiger partial charge in [0.15, 0.2) is 29.0 Å². The number of pyridine rings is 1. The molecule has 0 aliphatic carbocycles. The molecule has 4 heterocycles. The molecule has 1 fully saturated rings. The molecule has 12 nitrogen and oxygen atoms in total. The number of methoxy groups -OCH3 is 2. The lowest BCUT2D eigenvalue weighted by molar-refractivity contribution is -0.127. The van der Waals surface area contributed by atoms with Crippen LogP contribution in [-0.4, -0.2) is 88.0 Å². The van der Waals surface area contributed by atoms with E-state index in [9.17, 15) is 9.59 Å². The molecule has 0 bridgehead atoms. The minimum Gasteiger partial charge on any atom is -0.494 e. The Hall–Kier alpha value is -4.85. The second-order valence-electron chi connectivity index (χ2n) is 10.7. The molecule has 4 aromatic rings. The molecular formula is C30H34F2N8O4. The molecule has 0 unspecified atom stereocenters. The van der Waals surface area contributed by atoms with Gasteiger partial charge in [-0.2, -0.15) is 10.1 Å². The number of ether oxygens (including phenoxy) is 2. The van der Waals surface area contributed by atoms with Crippen molar-refractivity contribution in [2.45, 2.75) is 18.9 Å². The third-order valence-corrected chi connectivity index (χ3v) is 7.44. The van der Waals surface area contributed by atoms with Crippen LogP contribution in [0.15, 0.2) is 47.5 Å². The van der Waals surface area contributed by atoms with E-state index in [1.807, 2.05) is 19.0 Å². The maximum Gasteiger partial charge on any atom is 0.260 e. The topological polar surface area (TPSA) is 120 Å². The van der Waals surface area contributed by atoms with Gasteiger partial charge in [0, 0.05) is 68.7 Å². The van der Waals surface area contributed by atoms with Crippen molar-refractivity contribution in [2.75, 3.05) is 53.3 Å². The van der Waals surface area contributed by atoms with Gasteiger partial charge in [0.2, 0.25) is 11.9 Å². The van der Waals surface area contributed by atoms with Gasteiger partial charge < -0.3 is 24.6 Å². The molecule has 3 aromatic heterocycles. The van der Waals surface area contributed by atoms with E-state index < -0.39 is 28.8 Å². The molecule has 44 heavy (non-hydrogen) atoms. The number of carbonyl (C=O) groups excluding carboxylic acids is 1. The lowest BCUT2D eigenvalue weighted by atomic mass is 10.0. The van der Waals surface area contributed by atoms with Crippen LogP contribution in [0.2, 0.25) is 0 Å². The van der Waals surface area contributed by atoms with E-state index in [1.165, 1.54) is 31.0 Å². The Kier molecular flexibility index (Phi) is 8.90. The number of carbonyl (C=O) groups is 1. The summed E-state index contributed by atoms with van der Waals surface area (Å²) in [6, 6.07) is 3.78. The maximum atomic E-state index is 15.6. The number of likely N-dealkylation sites (N-methyl/N-ethyl adjacent to an activating group) is 1. The molecule has 0 spiro atoms. The maximum absolute atomic E-state index is 15.6. The highest BCUT2D eigenvalue weighted by Crippen LogP contribution is 2.38. The number of likely N-dealkylation sites (tertiary alicyclic amines) is 1. The van der Waals surface area contributed by atoms with Gasteiger partial charge in [0.1, 0.15) is 5.65 Å². The molecule has 1 amide bonds. The average Bonchev–Trinajstić information content (AvgIpc) is 3.41. The molecule has 232 valence electrons. The minimum absolute atomic E-state index is 0.118. The number of anilines is 2. The van der Waals surface area contributed by atoms with Gasteiger partial charge in [-0.05, 0) is 33.0 Å². The van der Waals surface area contributed by atoms with Gasteiger partial charge in [0.05, 0.1) is 25.3 Å². The largest absolute Gasteiger partial charge is 0.494 e. The van der Waals surface area contributed by atoms with E-state index in [-0.39, 0.29) is 34.6 Å². The zero-order chi connectivity index (χ0) is 31.5. The monoisotopic (exact) mass is 608 g/mol. The fourth-order valence-electron chi connectivity index (χ4n) is 5.23. The first kappa shape index (κ1) is 30.6. The zero-order valence-corrected chi connectivity index (χ0v) is 25.2. The third-order valence-electron chi connectivity index (χ3n) is 7.44. The van der Waals surface area contributed by atoms with Crippen molar-refractivity contribution >= 4 is 28.7 Å². The fraction of sp³-hybridized carbons (Fsp3) is 0.367. The molecule has 5 rings (SSSR count). The predicted octanol–water partition coefficient (Wildman–Crippen LogP) is 3.51. The van der Waals surface area contributed by atoms with Gasteiger partial charge in [-0.1, -0.05) is 6.08 Å². The number of halogens is 2. The molecule has 1 aromatic carbocycles. The Balaban J connectivity index is 1.60. The minimum atomic E-state index is -1.03. The number of benzene rings is 1. The Bertz CT molecular complexity index is 1750. The van der Waals surface area contributed by atoms with Crippen LogP contribution in [0.25, 0.3) is 22.2 Å². The number of aryl methyl sites for hydroxylation is 1. The summed E-state index contributed by atoms with van der Waals surface area (Å²) in [5, 5.41) is 7.69. The van der Waals surface area contributed by atoms with Crippen molar-refractivity contribution in [3.63, 3.8) is 0 Å². The second kappa shape index (κ2) is 12.8. The molecule has 1 N–H and O–H groups in total. The molecular weight excluding hydrogens is 574 g/mol. The summed E-state index contributed by atoms with van der Waals surface area (Å²) in [7, 11) is 8.08. The standard InChI is InChI=1S/C30H34F2N8O4/c1-37(2)11-6-7-24(41)39-13-8-19(9-14-39)40-28-18(17-33-30(35-28)34-23-10-12-38(3)36-23)15-20(29(40)42)25-26(31)21(43-4)16-22(44-5)27(25)32/h6-7,10,12,15-17,19H,8-9,11,13-14H2,1-5H3,(H,33,34,35,36)/b7-6+. The van der Waals surface area contributed by atoms with E-state index in [1.54, 1.807) is 41.0 Å². The van der Waals surface area contributed by atoms with Gasteiger partial charge in [0.25, 0.3) is 5.56 Å². The van der Waals surface area contributed by atoms with E-state index in [0.29, 0.717) is 43.7 Å². The highest BCUT2D eigenvalue weighted by atomic mass is 19.1. The number of aromatic nitrogens is 5. The number of hydrogen-bond acceptors (Lipinski definition) is 9. The number of amides is 1. The zero-order valence-electron chi connectivity index (χ0n) is 25.2. The third kappa shape index (κ3) is 6.11. The van der Waals surface area contributed by atoms with Gasteiger partial charge >= 0.3 is 0 Å². The molecule has 0 radical (unpaired) electrons. The van der Waals surface area contributed by atoms with E-state index in [0.717, 1.165) is 6.07 Å². The van der Waals surface area contributed by atoms with Crippen molar-refractivity contribution in [3.8, 4) is 22.6 Å². The molecule has 1 saturated heterocycles. The summed E-state index contributed by atoms with van der Waals surface area (Å²) in [6.07, 6.45) is 7.42. The van der Waals surface area contributed by atoms with Crippen LogP contribution in [0.5, 0.6) is 11.5 Å². The highest BCUT2D eigenvalue weighted by molar-refractivity contribution is 5.87. The van der Waals surface area contributed by atoms with Crippen molar-refractivity contribution in [3.05, 3.63) is 64.7 Å². The normalized spacial score (nSPS) is 14.1. The van der Waals surface area contributed by atoms with Crippen LogP contribution >= 0.6 is 0 Å². The van der Waals surface area contributed by atoms with E-state index >= 15 is 8.78 Å². The van der Waals surface area contributed by atoms with Crippen molar-refractivity contribution < 1.29 is 23.0 Å². The first-order valence-electron chi connectivity index (χ1n) is 14.0. The lowest BCUT2D eigenvalue weighted by Crippen LogP contribution is -2.40. The number of hydrogen-bond donors (Lipinski definition) is 1. The van der Waals surface area contributed by atoms with Crippen LogP contribution in [0.4, 0.5) is 20.5 Å².